The SMILES string of the molecule is CCNCc1sc2ccccc2c1COCCOCC. The number of fused-ring (bicyclic) bond motifs is 1. The van der Waals surface area contributed by atoms with Gasteiger partial charge in [0.1, 0.15) is 0 Å². The Morgan fingerprint density at radius 1 is 1.10 bits per heavy atom. The third kappa shape index (κ3) is 4.03. The average Bonchev–Trinajstić information content (AvgIpc) is 2.83. The predicted molar refractivity (Wildman–Crippen MR) is 85.4 cm³/mol. The molecule has 110 valence electrons. The molecule has 3 nitrogen and oxygen atoms in total. The second kappa shape index (κ2) is 8.37. The van der Waals surface area contributed by atoms with Crippen LogP contribution < -0.4 is 5.32 Å². The van der Waals surface area contributed by atoms with Crippen LogP contribution in [-0.2, 0) is 22.6 Å². The molecule has 2 rings (SSSR count). The lowest BCUT2D eigenvalue weighted by Crippen LogP contribution is -2.12. The van der Waals surface area contributed by atoms with E-state index in [4.69, 9.17) is 9.47 Å². The van der Waals surface area contributed by atoms with Crippen LogP contribution in [0.3, 0.4) is 0 Å². The van der Waals surface area contributed by atoms with Crippen molar-refractivity contribution < 1.29 is 9.47 Å². The van der Waals surface area contributed by atoms with Gasteiger partial charge in [0.05, 0.1) is 19.8 Å². The highest BCUT2D eigenvalue weighted by molar-refractivity contribution is 7.19. The Labute approximate surface area is 124 Å². The number of nitrogens with one attached hydrogen (secondary N) is 1. The van der Waals surface area contributed by atoms with E-state index in [0.717, 1.165) is 19.7 Å². The van der Waals surface area contributed by atoms with Gasteiger partial charge in [0.25, 0.3) is 0 Å². The number of hydrogen-bond acceptors (Lipinski definition) is 4. The number of ether oxygens (including phenoxy) is 2. The lowest BCUT2D eigenvalue weighted by Gasteiger charge is -2.07. The maximum atomic E-state index is 5.76. The smallest absolute Gasteiger partial charge is 0.0735 e. The van der Waals surface area contributed by atoms with Gasteiger partial charge in [-0.25, -0.2) is 0 Å². The maximum absolute atomic E-state index is 5.76. The van der Waals surface area contributed by atoms with Crippen molar-refractivity contribution >= 4 is 21.4 Å². The number of rotatable bonds is 9. The first-order chi connectivity index (χ1) is 9.86. The van der Waals surface area contributed by atoms with E-state index in [1.54, 1.807) is 0 Å². The highest BCUT2D eigenvalue weighted by Crippen LogP contribution is 2.31. The van der Waals surface area contributed by atoms with Crippen molar-refractivity contribution in [1.82, 2.24) is 5.32 Å². The molecule has 0 aliphatic carbocycles. The molecule has 0 radical (unpaired) electrons. The molecule has 0 saturated heterocycles. The molecule has 4 heteroatoms. The van der Waals surface area contributed by atoms with Crippen LogP contribution in [0.4, 0.5) is 0 Å². The van der Waals surface area contributed by atoms with E-state index in [1.165, 1.54) is 20.5 Å². The Bertz CT molecular complexity index is 524. The summed E-state index contributed by atoms with van der Waals surface area (Å²) in [7, 11) is 0. The second-order valence-corrected chi connectivity index (χ2v) is 5.67. The fourth-order valence-corrected chi connectivity index (χ4v) is 3.31. The van der Waals surface area contributed by atoms with Crippen LogP contribution >= 0.6 is 11.3 Å². The van der Waals surface area contributed by atoms with Crippen molar-refractivity contribution in [3.05, 3.63) is 34.7 Å². The average molecular weight is 293 g/mol. The molecule has 2 aromatic rings. The maximum Gasteiger partial charge on any atom is 0.0735 e. The number of thiophene rings is 1. The Morgan fingerprint density at radius 2 is 1.90 bits per heavy atom. The van der Waals surface area contributed by atoms with E-state index in [-0.39, 0.29) is 0 Å². The molecule has 1 heterocycles. The summed E-state index contributed by atoms with van der Waals surface area (Å²) in [5.41, 5.74) is 1.32. The molecule has 0 unspecified atom stereocenters. The molecule has 0 fully saturated rings. The molecule has 1 aromatic heterocycles. The van der Waals surface area contributed by atoms with Gasteiger partial charge in [-0.2, -0.15) is 0 Å². The Hall–Kier alpha value is -0.940. The lowest BCUT2D eigenvalue weighted by atomic mass is 10.1. The number of benzene rings is 1. The molecule has 0 bridgehead atoms. The van der Waals surface area contributed by atoms with E-state index in [9.17, 15) is 0 Å². The predicted octanol–water partition coefficient (Wildman–Crippen LogP) is 3.56. The highest BCUT2D eigenvalue weighted by atomic mass is 32.1. The minimum atomic E-state index is 0.651. The summed E-state index contributed by atoms with van der Waals surface area (Å²) < 4.78 is 12.4. The van der Waals surface area contributed by atoms with E-state index >= 15 is 0 Å². The van der Waals surface area contributed by atoms with Crippen molar-refractivity contribution in [3.63, 3.8) is 0 Å². The summed E-state index contributed by atoms with van der Waals surface area (Å²) in [6.45, 7) is 8.76. The first-order valence-corrected chi connectivity index (χ1v) is 8.04. The van der Waals surface area contributed by atoms with Crippen molar-refractivity contribution in [2.45, 2.75) is 27.0 Å². The summed E-state index contributed by atoms with van der Waals surface area (Å²) in [6, 6.07) is 8.55. The molecule has 0 saturated carbocycles. The summed E-state index contributed by atoms with van der Waals surface area (Å²) in [4.78, 5) is 1.38. The molecule has 0 aliphatic heterocycles. The summed E-state index contributed by atoms with van der Waals surface area (Å²) in [6.07, 6.45) is 0. The van der Waals surface area contributed by atoms with E-state index < -0.39 is 0 Å². The van der Waals surface area contributed by atoms with Crippen LogP contribution in [0.5, 0.6) is 0 Å². The van der Waals surface area contributed by atoms with Crippen LogP contribution in [-0.4, -0.2) is 26.4 Å². The van der Waals surface area contributed by atoms with Gasteiger partial charge in [-0.15, -0.1) is 11.3 Å². The molecule has 0 spiro atoms. The van der Waals surface area contributed by atoms with Crippen molar-refractivity contribution in [2.75, 3.05) is 26.4 Å². The van der Waals surface area contributed by atoms with E-state index in [1.807, 2.05) is 18.3 Å². The lowest BCUT2D eigenvalue weighted by molar-refractivity contribution is 0.0455. The van der Waals surface area contributed by atoms with Gasteiger partial charge in [-0.3, -0.25) is 0 Å². The normalized spacial score (nSPS) is 11.3. The first-order valence-electron chi connectivity index (χ1n) is 7.22. The minimum Gasteiger partial charge on any atom is -0.379 e. The van der Waals surface area contributed by atoms with Gasteiger partial charge in [0.2, 0.25) is 0 Å². The third-order valence-electron chi connectivity index (χ3n) is 3.14. The molecular weight excluding hydrogens is 270 g/mol. The molecule has 1 N–H and O–H groups in total. The van der Waals surface area contributed by atoms with Crippen LogP contribution in [0, 0.1) is 0 Å². The second-order valence-electron chi connectivity index (χ2n) is 4.53. The number of hydrogen-bond donors (Lipinski definition) is 1. The highest BCUT2D eigenvalue weighted by Gasteiger charge is 2.11. The third-order valence-corrected chi connectivity index (χ3v) is 4.35. The fraction of sp³-hybridized carbons (Fsp3) is 0.500. The standard InChI is InChI=1S/C16H23NO2S/c1-3-17-11-16-14(12-19-10-9-18-4-2)13-7-5-6-8-15(13)20-16/h5-8,17H,3-4,9-12H2,1-2H3. The molecule has 1 aromatic carbocycles. The molecular formula is C16H23NO2S. The van der Waals surface area contributed by atoms with Crippen LogP contribution in [0.2, 0.25) is 0 Å². The molecule has 0 aliphatic rings. The molecule has 0 amide bonds. The van der Waals surface area contributed by atoms with Crippen LogP contribution in [0.15, 0.2) is 24.3 Å². The van der Waals surface area contributed by atoms with Gasteiger partial charge in [-0.05, 0) is 24.9 Å². The van der Waals surface area contributed by atoms with Crippen molar-refractivity contribution in [2.24, 2.45) is 0 Å². The van der Waals surface area contributed by atoms with Crippen molar-refractivity contribution in [3.8, 4) is 0 Å². The van der Waals surface area contributed by atoms with E-state index in [0.29, 0.717) is 19.8 Å². The summed E-state index contributed by atoms with van der Waals surface area (Å²) in [5.74, 6) is 0. The van der Waals surface area contributed by atoms with Crippen LogP contribution in [0.25, 0.3) is 10.1 Å². The molecule has 20 heavy (non-hydrogen) atoms. The van der Waals surface area contributed by atoms with Gasteiger partial charge in [-0.1, -0.05) is 25.1 Å². The van der Waals surface area contributed by atoms with Gasteiger partial charge in [0.15, 0.2) is 0 Å². The van der Waals surface area contributed by atoms with Gasteiger partial charge in [0, 0.05) is 28.3 Å². The zero-order chi connectivity index (χ0) is 14.2. The fourth-order valence-electron chi connectivity index (χ4n) is 2.13. The Kier molecular flexibility index (Phi) is 6.47. The monoisotopic (exact) mass is 293 g/mol. The minimum absolute atomic E-state index is 0.651. The van der Waals surface area contributed by atoms with E-state index in [2.05, 4.69) is 36.5 Å². The van der Waals surface area contributed by atoms with Crippen LogP contribution in [0.1, 0.15) is 24.3 Å². The summed E-state index contributed by atoms with van der Waals surface area (Å²) >= 11 is 1.86. The quantitative estimate of drug-likeness (QED) is 0.717. The van der Waals surface area contributed by atoms with Gasteiger partial charge >= 0.3 is 0 Å². The zero-order valence-corrected chi connectivity index (χ0v) is 13.1. The largest absolute Gasteiger partial charge is 0.379 e. The Balaban J connectivity index is 2.07. The zero-order valence-electron chi connectivity index (χ0n) is 12.3. The Morgan fingerprint density at radius 3 is 2.70 bits per heavy atom. The topological polar surface area (TPSA) is 30.5 Å². The van der Waals surface area contributed by atoms with Gasteiger partial charge < -0.3 is 14.8 Å². The molecule has 0 atom stereocenters. The first kappa shape index (κ1) is 15.4. The van der Waals surface area contributed by atoms with Crippen molar-refractivity contribution in [1.29, 1.82) is 0 Å². The summed E-state index contributed by atoms with van der Waals surface area (Å²) in [5, 5.41) is 4.73.